The number of aromatic nitrogens is 1. The number of amides is 1. The van der Waals surface area contributed by atoms with Crippen molar-refractivity contribution in [1.29, 1.82) is 0 Å². The van der Waals surface area contributed by atoms with Crippen LogP contribution in [0.5, 0.6) is 5.75 Å². The van der Waals surface area contributed by atoms with Gasteiger partial charge in [-0.25, -0.2) is 0 Å². The molecule has 0 bridgehead atoms. The summed E-state index contributed by atoms with van der Waals surface area (Å²) in [4.78, 5) is 29.8. The largest absolute Gasteiger partial charge is 0.508 e. The van der Waals surface area contributed by atoms with Crippen LogP contribution in [0.2, 0.25) is 0 Å². The molecule has 2 heterocycles. The fourth-order valence-corrected chi connectivity index (χ4v) is 3.08. The zero-order valence-electron chi connectivity index (χ0n) is 14.2. The van der Waals surface area contributed by atoms with Crippen molar-refractivity contribution in [2.24, 2.45) is 5.92 Å². The van der Waals surface area contributed by atoms with E-state index in [1.807, 2.05) is 0 Å². The Balaban J connectivity index is 1.60. The molecule has 2 aromatic rings. The summed E-state index contributed by atoms with van der Waals surface area (Å²) < 4.78 is 37.7. The summed E-state index contributed by atoms with van der Waals surface area (Å²) >= 11 is 0. The van der Waals surface area contributed by atoms with Crippen molar-refractivity contribution in [3.63, 3.8) is 0 Å². The maximum absolute atomic E-state index is 12.6. The van der Waals surface area contributed by atoms with Gasteiger partial charge in [-0.15, -0.1) is 0 Å². The Bertz CT molecular complexity index is 825. The van der Waals surface area contributed by atoms with Gasteiger partial charge in [0.2, 0.25) is 0 Å². The van der Waals surface area contributed by atoms with Crippen LogP contribution in [-0.4, -0.2) is 39.8 Å². The normalized spacial score (nSPS) is 15.6. The number of carbonyl (C=O) groups is 2. The maximum Gasteiger partial charge on any atom is 0.433 e. The highest BCUT2D eigenvalue weighted by atomic mass is 19.4. The first-order chi connectivity index (χ1) is 12.8. The van der Waals surface area contributed by atoms with Crippen LogP contribution in [0.15, 0.2) is 42.6 Å². The molecule has 142 valence electrons. The minimum atomic E-state index is -4.55. The number of benzene rings is 1. The molecule has 0 atom stereocenters. The Morgan fingerprint density at radius 3 is 2.11 bits per heavy atom. The smallest absolute Gasteiger partial charge is 0.433 e. The molecule has 0 spiro atoms. The first-order valence-electron chi connectivity index (χ1n) is 8.41. The van der Waals surface area contributed by atoms with E-state index < -0.39 is 17.8 Å². The molecule has 1 aliphatic rings. The van der Waals surface area contributed by atoms with E-state index in [1.54, 1.807) is 12.1 Å². The molecule has 1 N–H and O–H groups in total. The van der Waals surface area contributed by atoms with Gasteiger partial charge in [0.15, 0.2) is 5.78 Å². The van der Waals surface area contributed by atoms with Crippen molar-refractivity contribution in [3.8, 4) is 5.75 Å². The highest BCUT2D eigenvalue weighted by molar-refractivity contribution is 5.98. The lowest BCUT2D eigenvalue weighted by Crippen LogP contribution is -2.40. The number of hydrogen-bond donors (Lipinski definition) is 1. The number of rotatable bonds is 3. The number of Topliss-reactive ketones (excluding diaryl/α,β-unsaturated/α-hetero) is 1. The first-order valence-corrected chi connectivity index (χ1v) is 8.41. The van der Waals surface area contributed by atoms with Crippen LogP contribution in [0.1, 0.15) is 39.3 Å². The molecule has 1 saturated heterocycles. The first kappa shape index (κ1) is 18.9. The van der Waals surface area contributed by atoms with E-state index in [2.05, 4.69) is 4.98 Å². The summed E-state index contributed by atoms with van der Waals surface area (Å²) in [6, 6.07) is 7.92. The SMILES string of the molecule is O=C(c1ccc(O)cc1)C1CCN(C(=O)c2ccc(C(F)(F)F)nc2)CC1. The molecule has 8 heteroatoms. The third kappa shape index (κ3) is 4.27. The zero-order chi connectivity index (χ0) is 19.6. The summed E-state index contributed by atoms with van der Waals surface area (Å²) in [6.45, 7) is 0.683. The van der Waals surface area contributed by atoms with Gasteiger partial charge in [-0.2, -0.15) is 13.2 Å². The van der Waals surface area contributed by atoms with Gasteiger partial charge in [-0.05, 0) is 49.2 Å². The Hall–Kier alpha value is -2.90. The van der Waals surface area contributed by atoms with Gasteiger partial charge < -0.3 is 10.0 Å². The predicted octanol–water partition coefficient (Wildman–Crippen LogP) is 3.54. The third-order valence-corrected chi connectivity index (χ3v) is 4.61. The molecule has 1 aromatic heterocycles. The number of halogens is 3. The number of hydrogen-bond acceptors (Lipinski definition) is 4. The van der Waals surface area contributed by atoms with Crippen LogP contribution >= 0.6 is 0 Å². The molecule has 5 nitrogen and oxygen atoms in total. The fourth-order valence-electron chi connectivity index (χ4n) is 3.08. The number of carbonyl (C=O) groups excluding carboxylic acids is 2. The van der Waals surface area contributed by atoms with Crippen molar-refractivity contribution in [2.45, 2.75) is 19.0 Å². The Labute approximate surface area is 153 Å². The number of alkyl halides is 3. The average Bonchev–Trinajstić information content (AvgIpc) is 2.67. The highest BCUT2D eigenvalue weighted by Crippen LogP contribution is 2.28. The molecular weight excluding hydrogens is 361 g/mol. The van der Waals surface area contributed by atoms with Crippen molar-refractivity contribution in [3.05, 3.63) is 59.4 Å². The van der Waals surface area contributed by atoms with Gasteiger partial charge in [0.05, 0.1) is 5.56 Å². The lowest BCUT2D eigenvalue weighted by molar-refractivity contribution is -0.141. The van der Waals surface area contributed by atoms with E-state index in [0.717, 1.165) is 18.3 Å². The van der Waals surface area contributed by atoms with Crippen molar-refractivity contribution < 1.29 is 27.9 Å². The summed E-state index contributed by atoms with van der Waals surface area (Å²) in [5, 5.41) is 9.29. The number of phenols is 1. The number of piperidine rings is 1. The van der Waals surface area contributed by atoms with Gasteiger partial charge in [0, 0.05) is 30.8 Å². The molecule has 1 fully saturated rings. The van der Waals surface area contributed by atoms with Gasteiger partial charge in [0.25, 0.3) is 5.91 Å². The van der Waals surface area contributed by atoms with E-state index in [0.29, 0.717) is 31.5 Å². The van der Waals surface area contributed by atoms with Crippen LogP contribution in [0.4, 0.5) is 13.2 Å². The Kier molecular flexibility index (Phi) is 5.16. The van der Waals surface area contributed by atoms with Gasteiger partial charge in [-0.3, -0.25) is 14.6 Å². The number of phenolic OH excluding ortho intramolecular Hbond substituents is 1. The number of likely N-dealkylation sites (tertiary alicyclic amines) is 1. The Morgan fingerprint density at radius 1 is 1.00 bits per heavy atom. The fraction of sp³-hybridized carbons (Fsp3) is 0.316. The van der Waals surface area contributed by atoms with Gasteiger partial charge in [-0.1, -0.05) is 0 Å². The molecular formula is C19H17F3N2O3. The van der Waals surface area contributed by atoms with E-state index in [4.69, 9.17) is 0 Å². The second-order valence-electron chi connectivity index (χ2n) is 6.41. The van der Waals surface area contributed by atoms with Crippen molar-refractivity contribution >= 4 is 11.7 Å². The van der Waals surface area contributed by atoms with E-state index in [9.17, 15) is 27.9 Å². The van der Waals surface area contributed by atoms with Gasteiger partial charge >= 0.3 is 6.18 Å². The van der Waals surface area contributed by atoms with Crippen LogP contribution in [0, 0.1) is 5.92 Å². The van der Waals surface area contributed by atoms with Crippen LogP contribution in [0.25, 0.3) is 0 Å². The standard InChI is InChI=1S/C19H17F3N2O3/c20-19(21,22)16-6-3-14(11-23-16)18(27)24-9-7-13(8-10-24)17(26)12-1-4-15(25)5-2-12/h1-6,11,13,25H,7-10H2. The molecule has 1 aliphatic heterocycles. The topological polar surface area (TPSA) is 70.5 Å². The maximum atomic E-state index is 12.6. The van der Waals surface area contributed by atoms with Crippen molar-refractivity contribution in [1.82, 2.24) is 9.88 Å². The summed E-state index contributed by atoms with van der Waals surface area (Å²) in [5.41, 5.74) is -0.451. The molecule has 0 saturated carbocycles. The monoisotopic (exact) mass is 378 g/mol. The van der Waals surface area contributed by atoms with Crippen LogP contribution < -0.4 is 0 Å². The van der Waals surface area contributed by atoms with E-state index in [-0.39, 0.29) is 23.0 Å². The molecule has 1 aromatic carbocycles. The minimum absolute atomic E-state index is 0.0432. The molecule has 27 heavy (non-hydrogen) atoms. The third-order valence-electron chi connectivity index (χ3n) is 4.61. The average molecular weight is 378 g/mol. The summed E-state index contributed by atoms with van der Waals surface area (Å²) in [7, 11) is 0. The predicted molar refractivity (Wildman–Crippen MR) is 90.3 cm³/mol. The Morgan fingerprint density at radius 2 is 1.59 bits per heavy atom. The summed E-state index contributed by atoms with van der Waals surface area (Å²) in [6.07, 6.45) is -2.67. The molecule has 0 radical (unpaired) electrons. The molecule has 1 amide bonds. The number of aromatic hydroxyl groups is 1. The van der Waals surface area contributed by atoms with Gasteiger partial charge in [0.1, 0.15) is 11.4 Å². The van der Waals surface area contributed by atoms with E-state index in [1.165, 1.54) is 17.0 Å². The lowest BCUT2D eigenvalue weighted by atomic mass is 9.88. The number of nitrogens with zero attached hydrogens (tertiary/aromatic N) is 2. The number of ketones is 1. The molecule has 3 rings (SSSR count). The quantitative estimate of drug-likeness (QED) is 0.830. The second kappa shape index (κ2) is 7.38. The van der Waals surface area contributed by atoms with Crippen LogP contribution in [-0.2, 0) is 6.18 Å². The lowest BCUT2D eigenvalue weighted by Gasteiger charge is -2.31. The zero-order valence-corrected chi connectivity index (χ0v) is 14.2. The molecule has 0 unspecified atom stereocenters. The van der Waals surface area contributed by atoms with Crippen LogP contribution in [0.3, 0.4) is 0 Å². The summed E-state index contributed by atoms with van der Waals surface area (Å²) in [5.74, 6) is -0.591. The number of pyridine rings is 1. The second-order valence-corrected chi connectivity index (χ2v) is 6.41. The van der Waals surface area contributed by atoms with Crippen molar-refractivity contribution in [2.75, 3.05) is 13.1 Å². The highest BCUT2D eigenvalue weighted by Gasteiger charge is 2.33. The minimum Gasteiger partial charge on any atom is -0.508 e. The molecule has 0 aliphatic carbocycles. The van der Waals surface area contributed by atoms with E-state index >= 15 is 0 Å².